The number of halogens is 1. The van der Waals surface area contributed by atoms with E-state index in [4.69, 9.17) is 0 Å². The molecule has 1 aromatic heterocycles. The Balaban J connectivity index is 2.54. The van der Waals surface area contributed by atoms with E-state index in [1.165, 1.54) is 36.2 Å². The fourth-order valence-electron chi connectivity index (χ4n) is 1.56. The molecule has 0 radical (unpaired) electrons. The van der Waals surface area contributed by atoms with Crippen LogP contribution in [-0.4, -0.2) is 22.9 Å². The predicted octanol–water partition coefficient (Wildman–Crippen LogP) is 1.47. The van der Waals surface area contributed by atoms with Crippen LogP contribution in [0, 0.1) is 12.7 Å². The summed E-state index contributed by atoms with van der Waals surface area (Å²) in [6, 6.07) is 5.56. The third-order valence-electron chi connectivity index (χ3n) is 2.59. The second kappa shape index (κ2) is 5.01. The maximum atomic E-state index is 13.2. The van der Waals surface area contributed by atoms with E-state index in [-0.39, 0.29) is 11.5 Å². The number of carbonyl (C=O) groups excluding carboxylic acids is 1. The summed E-state index contributed by atoms with van der Waals surface area (Å²) in [7, 11) is 1.17. The average Bonchev–Trinajstić information content (AvgIpc) is 2.41. The fraction of sp³-hybridized carbons (Fsp3) is 0.154. The molecule has 0 saturated carbocycles. The Labute approximate surface area is 108 Å². The van der Waals surface area contributed by atoms with Crippen molar-refractivity contribution in [3.8, 4) is 5.69 Å². The molecule has 0 fully saturated rings. The largest absolute Gasteiger partial charge is 0.464 e. The van der Waals surface area contributed by atoms with Gasteiger partial charge in [-0.05, 0) is 30.7 Å². The van der Waals surface area contributed by atoms with Crippen LogP contribution >= 0.6 is 0 Å². The molecule has 0 saturated heterocycles. The van der Waals surface area contributed by atoms with E-state index in [2.05, 4.69) is 9.84 Å². The summed E-state index contributed by atoms with van der Waals surface area (Å²) in [4.78, 5) is 22.9. The highest BCUT2D eigenvalue weighted by Gasteiger charge is 2.13. The van der Waals surface area contributed by atoms with Crippen molar-refractivity contribution >= 4 is 5.97 Å². The van der Waals surface area contributed by atoms with Gasteiger partial charge in [0, 0.05) is 12.3 Å². The molecule has 0 bridgehead atoms. The van der Waals surface area contributed by atoms with Crippen LogP contribution < -0.4 is 5.43 Å². The molecule has 2 rings (SSSR count). The normalized spacial score (nSPS) is 10.3. The lowest BCUT2D eigenvalue weighted by Gasteiger charge is -2.07. The number of esters is 1. The number of aryl methyl sites for hydroxylation is 1. The molecule has 2 aromatic rings. The molecule has 0 N–H and O–H groups in total. The molecule has 19 heavy (non-hydrogen) atoms. The first-order chi connectivity index (χ1) is 9.02. The van der Waals surface area contributed by atoms with Crippen LogP contribution in [-0.2, 0) is 4.74 Å². The number of benzene rings is 1. The van der Waals surface area contributed by atoms with Crippen molar-refractivity contribution in [2.45, 2.75) is 6.92 Å². The van der Waals surface area contributed by atoms with Crippen molar-refractivity contribution in [2.24, 2.45) is 0 Å². The molecule has 0 aliphatic heterocycles. The Kier molecular flexibility index (Phi) is 3.41. The molecule has 0 amide bonds. The molecular weight excluding hydrogens is 251 g/mol. The van der Waals surface area contributed by atoms with Gasteiger partial charge >= 0.3 is 5.97 Å². The highest BCUT2D eigenvalue weighted by molar-refractivity contribution is 5.86. The van der Waals surface area contributed by atoms with E-state index in [1.807, 2.05) is 0 Å². The summed E-state index contributed by atoms with van der Waals surface area (Å²) in [5.74, 6) is -1.14. The van der Waals surface area contributed by atoms with E-state index >= 15 is 0 Å². The van der Waals surface area contributed by atoms with Crippen molar-refractivity contribution in [1.29, 1.82) is 0 Å². The van der Waals surface area contributed by atoms with Crippen molar-refractivity contribution in [3.05, 3.63) is 57.8 Å². The molecule has 1 heterocycles. The first kappa shape index (κ1) is 12.9. The number of nitrogens with zero attached hydrogens (tertiary/aromatic N) is 2. The van der Waals surface area contributed by atoms with Crippen LogP contribution in [0.1, 0.15) is 16.1 Å². The number of hydrogen-bond acceptors (Lipinski definition) is 4. The summed E-state index contributed by atoms with van der Waals surface area (Å²) in [5.41, 5.74) is 0.149. The quantitative estimate of drug-likeness (QED) is 0.769. The van der Waals surface area contributed by atoms with Crippen molar-refractivity contribution in [2.75, 3.05) is 7.11 Å². The van der Waals surface area contributed by atoms with E-state index < -0.39 is 11.4 Å². The van der Waals surface area contributed by atoms with E-state index in [0.717, 1.165) is 0 Å². The van der Waals surface area contributed by atoms with Gasteiger partial charge in [0.05, 0.1) is 12.8 Å². The van der Waals surface area contributed by atoms with Crippen LogP contribution in [0.3, 0.4) is 0 Å². The monoisotopic (exact) mass is 262 g/mol. The summed E-state index contributed by atoms with van der Waals surface area (Å²) >= 11 is 0. The van der Waals surface area contributed by atoms with Gasteiger partial charge in [0.2, 0.25) is 11.1 Å². The first-order valence-corrected chi connectivity index (χ1v) is 5.48. The highest BCUT2D eigenvalue weighted by Crippen LogP contribution is 2.12. The summed E-state index contributed by atoms with van der Waals surface area (Å²) in [6.07, 6.45) is 1.40. The van der Waals surface area contributed by atoms with Gasteiger partial charge in [0.15, 0.2) is 0 Å². The van der Waals surface area contributed by atoms with E-state index in [0.29, 0.717) is 11.3 Å². The maximum absolute atomic E-state index is 13.2. The number of carbonyl (C=O) groups is 1. The van der Waals surface area contributed by atoms with Gasteiger partial charge in [-0.1, -0.05) is 0 Å². The zero-order valence-electron chi connectivity index (χ0n) is 10.4. The SMILES string of the molecule is COC(=O)c1nn(-c2ccc(F)c(C)c2)ccc1=O. The lowest BCUT2D eigenvalue weighted by molar-refractivity contribution is 0.0590. The second-order valence-electron chi connectivity index (χ2n) is 3.90. The molecule has 0 spiro atoms. The van der Waals surface area contributed by atoms with E-state index in [9.17, 15) is 14.0 Å². The minimum absolute atomic E-state index is 0.313. The Morgan fingerprint density at radius 1 is 1.37 bits per heavy atom. The molecule has 0 aliphatic carbocycles. The van der Waals surface area contributed by atoms with Gasteiger partial charge in [-0.25, -0.2) is 13.9 Å². The van der Waals surface area contributed by atoms with Gasteiger partial charge in [-0.3, -0.25) is 4.79 Å². The van der Waals surface area contributed by atoms with Crippen molar-refractivity contribution in [1.82, 2.24) is 9.78 Å². The molecule has 0 atom stereocenters. The summed E-state index contributed by atoms with van der Waals surface area (Å²) in [5, 5.41) is 3.89. The second-order valence-corrected chi connectivity index (χ2v) is 3.90. The molecule has 6 heteroatoms. The molecule has 98 valence electrons. The van der Waals surface area contributed by atoms with Gasteiger partial charge in [-0.15, -0.1) is 0 Å². The average molecular weight is 262 g/mol. The third kappa shape index (κ3) is 2.52. The topological polar surface area (TPSA) is 61.2 Å². The van der Waals surface area contributed by atoms with Gasteiger partial charge in [0.1, 0.15) is 5.82 Å². The number of methoxy groups -OCH3 is 1. The minimum Gasteiger partial charge on any atom is -0.464 e. The van der Waals surface area contributed by atoms with Crippen LogP contribution in [0.15, 0.2) is 35.3 Å². The highest BCUT2D eigenvalue weighted by atomic mass is 19.1. The number of rotatable bonds is 2. The summed E-state index contributed by atoms with van der Waals surface area (Å²) in [6.45, 7) is 1.61. The minimum atomic E-state index is -0.807. The number of ether oxygens (including phenoxy) is 1. The Hall–Kier alpha value is -2.50. The Bertz CT molecular complexity index is 695. The smallest absolute Gasteiger partial charge is 0.362 e. The van der Waals surface area contributed by atoms with Crippen LogP contribution in [0.5, 0.6) is 0 Å². The molecule has 0 aliphatic rings. The Morgan fingerprint density at radius 2 is 2.11 bits per heavy atom. The number of hydrogen-bond donors (Lipinski definition) is 0. The van der Waals surface area contributed by atoms with Gasteiger partial charge in [-0.2, -0.15) is 5.10 Å². The molecular formula is C13H11FN2O3. The van der Waals surface area contributed by atoms with Crippen molar-refractivity contribution in [3.63, 3.8) is 0 Å². The molecule has 0 unspecified atom stereocenters. The lowest BCUT2D eigenvalue weighted by Crippen LogP contribution is -2.21. The predicted molar refractivity (Wildman–Crippen MR) is 65.9 cm³/mol. The van der Waals surface area contributed by atoms with Gasteiger partial charge < -0.3 is 4.74 Å². The third-order valence-corrected chi connectivity index (χ3v) is 2.59. The first-order valence-electron chi connectivity index (χ1n) is 5.48. The zero-order chi connectivity index (χ0) is 14.0. The van der Waals surface area contributed by atoms with Crippen LogP contribution in [0.2, 0.25) is 0 Å². The zero-order valence-corrected chi connectivity index (χ0v) is 10.4. The molecule has 5 nitrogen and oxygen atoms in total. The summed E-state index contributed by atoms with van der Waals surface area (Å²) < 4.78 is 19.0. The lowest BCUT2D eigenvalue weighted by atomic mass is 10.2. The van der Waals surface area contributed by atoms with Crippen LogP contribution in [0.25, 0.3) is 5.69 Å². The number of aromatic nitrogens is 2. The van der Waals surface area contributed by atoms with Crippen LogP contribution in [0.4, 0.5) is 4.39 Å². The van der Waals surface area contributed by atoms with Gasteiger partial charge in [0.25, 0.3) is 0 Å². The molecule has 1 aromatic carbocycles. The maximum Gasteiger partial charge on any atom is 0.362 e. The van der Waals surface area contributed by atoms with Crippen molar-refractivity contribution < 1.29 is 13.9 Å². The van der Waals surface area contributed by atoms with E-state index in [1.54, 1.807) is 13.0 Å². The standard InChI is InChI=1S/C13H11FN2O3/c1-8-7-9(3-4-10(8)14)16-6-5-11(17)12(15-16)13(18)19-2/h3-7H,1-2H3. The fourth-order valence-corrected chi connectivity index (χ4v) is 1.56. The Morgan fingerprint density at radius 3 is 2.74 bits per heavy atom.